The molecule has 0 radical (unpaired) electrons. The first-order valence-electron chi connectivity index (χ1n) is 11.9. The van der Waals surface area contributed by atoms with Gasteiger partial charge in [-0.3, -0.25) is 14.3 Å². The number of benzene rings is 3. The number of anilines is 2. The van der Waals surface area contributed by atoms with Crippen molar-refractivity contribution in [3.63, 3.8) is 0 Å². The lowest BCUT2D eigenvalue weighted by atomic mass is 10.1. The van der Waals surface area contributed by atoms with Gasteiger partial charge in [0.15, 0.2) is 0 Å². The minimum Gasteiger partial charge on any atom is -0.497 e. The Hall–Kier alpha value is -4.22. The van der Waals surface area contributed by atoms with Gasteiger partial charge in [0, 0.05) is 16.9 Å². The average molecular weight is 564 g/mol. The van der Waals surface area contributed by atoms with Gasteiger partial charge in [-0.25, -0.2) is 8.42 Å². The van der Waals surface area contributed by atoms with Gasteiger partial charge in [-0.15, -0.1) is 11.8 Å². The maximum atomic E-state index is 12.8. The van der Waals surface area contributed by atoms with Crippen LogP contribution in [-0.2, 0) is 21.4 Å². The van der Waals surface area contributed by atoms with Gasteiger partial charge in [0.1, 0.15) is 16.9 Å². The highest BCUT2D eigenvalue weighted by atomic mass is 32.2. The van der Waals surface area contributed by atoms with Crippen LogP contribution in [0.5, 0.6) is 5.75 Å². The number of hydrogen-bond donors (Lipinski definition) is 2. The maximum absolute atomic E-state index is 12.8. The van der Waals surface area contributed by atoms with Gasteiger partial charge in [0.25, 0.3) is 15.9 Å². The van der Waals surface area contributed by atoms with Crippen molar-refractivity contribution in [1.29, 1.82) is 0 Å². The first-order valence-corrected chi connectivity index (χ1v) is 14.5. The van der Waals surface area contributed by atoms with Crippen molar-refractivity contribution in [2.24, 2.45) is 0 Å². The zero-order chi connectivity index (χ0) is 27.4. The van der Waals surface area contributed by atoms with Gasteiger partial charge in [0.2, 0.25) is 5.91 Å². The molecule has 1 saturated heterocycles. The molecule has 2 amide bonds. The Balaban J connectivity index is 1.21. The molecular weight excluding hydrogens is 538 g/mol. The van der Waals surface area contributed by atoms with E-state index in [-0.39, 0.29) is 22.1 Å². The Morgan fingerprint density at radius 3 is 2.33 bits per heavy atom. The Morgan fingerprint density at radius 1 is 1.00 bits per heavy atom. The number of ether oxygens (including phenoxy) is 1. The molecule has 9 nitrogen and oxygen atoms in total. The van der Waals surface area contributed by atoms with Crippen molar-refractivity contribution >= 4 is 45.0 Å². The predicted molar refractivity (Wildman–Crippen MR) is 149 cm³/mol. The molecule has 39 heavy (non-hydrogen) atoms. The van der Waals surface area contributed by atoms with Gasteiger partial charge in [-0.1, -0.05) is 12.1 Å². The van der Waals surface area contributed by atoms with Crippen LogP contribution < -0.4 is 14.8 Å². The van der Waals surface area contributed by atoms with E-state index >= 15 is 0 Å². The maximum Gasteiger partial charge on any atom is 0.261 e. The Bertz CT molecular complexity index is 1550. The summed E-state index contributed by atoms with van der Waals surface area (Å²) in [6.07, 6.45) is 1.58. The molecular formula is C28H25N3O6S2. The van der Waals surface area contributed by atoms with Crippen molar-refractivity contribution in [3.05, 3.63) is 108 Å². The lowest BCUT2D eigenvalue weighted by Gasteiger charge is -2.23. The van der Waals surface area contributed by atoms with E-state index in [0.29, 0.717) is 40.7 Å². The Kier molecular flexibility index (Phi) is 7.62. The first-order chi connectivity index (χ1) is 18.8. The zero-order valence-corrected chi connectivity index (χ0v) is 22.5. The SMILES string of the molecule is COc1ccc(NS(=O)(=O)c2ccc(NC(=O)c3ccc([C@H]4SCC(=O)N4Cc4ccco4)cc3)cc2)cc1. The summed E-state index contributed by atoms with van der Waals surface area (Å²) in [5.74, 6) is 1.41. The van der Waals surface area contributed by atoms with Gasteiger partial charge in [0.05, 0.1) is 30.6 Å². The second-order valence-corrected chi connectivity index (χ2v) is 11.4. The smallest absolute Gasteiger partial charge is 0.261 e. The molecule has 0 saturated carbocycles. The van der Waals surface area contributed by atoms with Gasteiger partial charge in [-0.2, -0.15) is 0 Å². The summed E-state index contributed by atoms with van der Waals surface area (Å²) in [7, 11) is -2.27. The quantitative estimate of drug-likeness (QED) is 0.290. The zero-order valence-electron chi connectivity index (χ0n) is 20.9. The molecule has 200 valence electrons. The highest BCUT2D eigenvalue weighted by molar-refractivity contribution is 8.00. The number of rotatable bonds is 9. The monoisotopic (exact) mass is 563 g/mol. The van der Waals surface area contributed by atoms with Crippen LogP contribution in [0.25, 0.3) is 0 Å². The number of thioether (sulfide) groups is 1. The molecule has 0 unspecified atom stereocenters. The minimum atomic E-state index is -3.81. The molecule has 0 spiro atoms. The number of nitrogens with one attached hydrogen (secondary N) is 2. The summed E-state index contributed by atoms with van der Waals surface area (Å²) in [5, 5.41) is 2.62. The van der Waals surface area contributed by atoms with Crippen LogP contribution >= 0.6 is 11.8 Å². The first kappa shape index (κ1) is 26.4. The van der Waals surface area contributed by atoms with E-state index in [1.807, 2.05) is 18.2 Å². The van der Waals surface area contributed by atoms with Crippen molar-refractivity contribution in [3.8, 4) is 5.75 Å². The normalized spacial score (nSPS) is 15.3. The number of nitrogens with zero attached hydrogens (tertiary/aromatic N) is 1. The highest BCUT2D eigenvalue weighted by Gasteiger charge is 2.33. The molecule has 1 atom stereocenters. The standard InChI is InChI=1S/C28H25N3O6S2/c1-36-23-12-8-22(9-13-23)30-39(34,35)25-14-10-21(11-15-25)29-27(33)19-4-6-20(7-5-19)28-31(26(32)18-38-28)17-24-3-2-16-37-24/h2-16,28,30H,17-18H2,1H3,(H,29,33)/t28-/m1/s1. The average Bonchev–Trinajstić information content (AvgIpc) is 3.59. The number of amides is 2. The fraction of sp³-hybridized carbons (Fsp3) is 0.143. The second-order valence-electron chi connectivity index (χ2n) is 8.70. The summed E-state index contributed by atoms with van der Waals surface area (Å²) in [5.41, 5.74) is 2.20. The summed E-state index contributed by atoms with van der Waals surface area (Å²) in [4.78, 5) is 27.1. The molecule has 1 aliphatic heterocycles. The van der Waals surface area contributed by atoms with Crippen LogP contribution in [-0.4, -0.2) is 38.0 Å². The van der Waals surface area contributed by atoms with Crippen molar-refractivity contribution in [1.82, 2.24) is 4.90 Å². The van der Waals surface area contributed by atoms with Gasteiger partial charge >= 0.3 is 0 Å². The second kappa shape index (κ2) is 11.3. The highest BCUT2D eigenvalue weighted by Crippen LogP contribution is 2.39. The number of carbonyl (C=O) groups excluding carboxylic acids is 2. The molecule has 11 heteroatoms. The lowest BCUT2D eigenvalue weighted by Crippen LogP contribution is -2.27. The number of hydrogen-bond acceptors (Lipinski definition) is 7. The van der Waals surface area contributed by atoms with Crippen LogP contribution in [0.1, 0.15) is 27.1 Å². The van der Waals surface area contributed by atoms with E-state index in [4.69, 9.17) is 9.15 Å². The number of sulfonamides is 1. The molecule has 1 fully saturated rings. The summed E-state index contributed by atoms with van der Waals surface area (Å²) in [6, 6.07) is 23.1. The Labute approximate surface area is 230 Å². The molecule has 3 aromatic carbocycles. The molecule has 0 bridgehead atoms. The summed E-state index contributed by atoms with van der Waals surface area (Å²) in [6.45, 7) is 0.382. The lowest BCUT2D eigenvalue weighted by molar-refractivity contribution is -0.128. The molecule has 1 aliphatic rings. The Morgan fingerprint density at radius 2 is 1.69 bits per heavy atom. The summed E-state index contributed by atoms with van der Waals surface area (Å²) < 4.78 is 38.4. The fourth-order valence-electron chi connectivity index (χ4n) is 4.06. The van der Waals surface area contributed by atoms with Crippen molar-refractivity contribution in [2.45, 2.75) is 16.8 Å². The third-order valence-corrected chi connectivity index (χ3v) is 8.75. The van der Waals surface area contributed by atoms with E-state index in [0.717, 1.165) is 5.56 Å². The van der Waals surface area contributed by atoms with Gasteiger partial charge in [-0.05, 0) is 78.4 Å². The van der Waals surface area contributed by atoms with Crippen molar-refractivity contribution < 1.29 is 27.2 Å². The number of furan rings is 1. The van der Waals surface area contributed by atoms with E-state index in [9.17, 15) is 18.0 Å². The largest absolute Gasteiger partial charge is 0.497 e. The molecule has 5 rings (SSSR count). The van der Waals surface area contributed by atoms with Crippen LogP contribution in [0.3, 0.4) is 0 Å². The van der Waals surface area contributed by atoms with Crippen LogP contribution in [0.2, 0.25) is 0 Å². The third kappa shape index (κ3) is 6.10. The molecule has 0 aliphatic carbocycles. The topological polar surface area (TPSA) is 118 Å². The van der Waals surface area contributed by atoms with Crippen LogP contribution in [0, 0.1) is 0 Å². The summed E-state index contributed by atoms with van der Waals surface area (Å²) >= 11 is 1.53. The van der Waals surface area contributed by atoms with E-state index in [2.05, 4.69) is 10.0 Å². The van der Waals surface area contributed by atoms with Gasteiger partial charge < -0.3 is 19.4 Å². The molecule has 2 heterocycles. The number of methoxy groups -OCH3 is 1. The molecule has 4 aromatic rings. The van der Waals surface area contributed by atoms with Crippen LogP contribution in [0.15, 0.2) is 101 Å². The number of carbonyl (C=O) groups is 2. The molecule has 1 aromatic heterocycles. The van der Waals surface area contributed by atoms with E-state index < -0.39 is 10.0 Å². The molecule has 2 N–H and O–H groups in total. The predicted octanol–water partition coefficient (Wildman–Crippen LogP) is 5.12. The third-order valence-electron chi connectivity index (χ3n) is 6.10. The van der Waals surface area contributed by atoms with E-state index in [1.54, 1.807) is 53.6 Å². The minimum absolute atomic E-state index is 0.0351. The van der Waals surface area contributed by atoms with E-state index in [1.165, 1.54) is 43.1 Å². The van der Waals surface area contributed by atoms with Crippen LogP contribution in [0.4, 0.5) is 11.4 Å². The fourth-order valence-corrected chi connectivity index (χ4v) is 6.31. The van der Waals surface area contributed by atoms with Crippen molar-refractivity contribution in [2.75, 3.05) is 22.9 Å².